The van der Waals surface area contributed by atoms with E-state index in [2.05, 4.69) is 34.0 Å². The number of aromatic nitrogens is 1. The molecular formula is C15H19BrN3O+. The Bertz CT molecular complexity index is 656. The molecule has 0 saturated carbocycles. The molecule has 1 aromatic carbocycles. The van der Waals surface area contributed by atoms with Crippen molar-refractivity contribution in [2.24, 2.45) is 0 Å². The van der Waals surface area contributed by atoms with E-state index in [0.29, 0.717) is 0 Å². The summed E-state index contributed by atoms with van der Waals surface area (Å²) in [6, 6.07) is 6.06. The van der Waals surface area contributed by atoms with Crippen LogP contribution < -0.4 is 4.90 Å². The van der Waals surface area contributed by atoms with Crippen LogP contribution in [0.3, 0.4) is 0 Å². The highest BCUT2D eigenvalue weighted by molar-refractivity contribution is 9.10. The van der Waals surface area contributed by atoms with Crippen molar-refractivity contribution in [1.82, 2.24) is 9.88 Å². The van der Waals surface area contributed by atoms with E-state index in [1.807, 2.05) is 24.0 Å². The SMILES string of the molecule is Cc1c(C(=O)N2CC[NH+](C)CC2)[nH]c2ccc(Br)cc12. The summed E-state index contributed by atoms with van der Waals surface area (Å²) in [5.41, 5.74) is 2.80. The molecule has 0 aliphatic carbocycles. The number of aryl methyl sites for hydroxylation is 1. The lowest BCUT2D eigenvalue weighted by atomic mass is 10.1. The molecule has 1 aromatic heterocycles. The number of hydrogen-bond acceptors (Lipinski definition) is 1. The molecule has 4 nitrogen and oxygen atoms in total. The summed E-state index contributed by atoms with van der Waals surface area (Å²) in [6.07, 6.45) is 0. The number of carbonyl (C=O) groups is 1. The van der Waals surface area contributed by atoms with E-state index in [4.69, 9.17) is 0 Å². The van der Waals surface area contributed by atoms with Crippen molar-refractivity contribution >= 4 is 32.7 Å². The summed E-state index contributed by atoms with van der Waals surface area (Å²) >= 11 is 3.48. The van der Waals surface area contributed by atoms with Gasteiger partial charge in [-0.2, -0.15) is 0 Å². The van der Waals surface area contributed by atoms with Gasteiger partial charge in [0.1, 0.15) is 5.69 Å². The average Bonchev–Trinajstić information content (AvgIpc) is 2.76. The topological polar surface area (TPSA) is 40.5 Å². The van der Waals surface area contributed by atoms with Crippen molar-refractivity contribution in [3.63, 3.8) is 0 Å². The van der Waals surface area contributed by atoms with Gasteiger partial charge in [0.15, 0.2) is 0 Å². The monoisotopic (exact) mass is 336 g/mol. The Morgan fingerprint density at radius 1 is 1.35 bits per heavy atom. The Morgan fingerprint density at radius 3 is 2.75 bits per heavy atom. The first-order valence-corrected chi connectivity index (χ1v) is 7.74. The normalized spacial score (nSPS) is 16.9. The smallest absolute Gasteiger partial charge is 0.270 e. The fraction of sp³-hybridized carbons (Fsp3) is 0.400. The number of benzene rings is 1. The maximum absolute atomic E-state index is 12.7. The fourth-order valence-electron chi connectivity index (χ4n) is 2.76. The molecular weight excluding hydrogens is 318 g/mol. The molecule has 0 bridgehead atoms. The zero-order valence-electron chi connectivity index (χ0n) is 11.8. The summed E-state index contributed by atoms with van der Waals surface area (Å²) in [5.74, 6) is 0.127. The number of hydrogen-bond donors (Lipinski definition) is 2. The van der Waals surface area contributed by atoms with Crippen molar-refractivity contribution in [3.8, 4) is 0 Å². The number of amides is 1. The van der Waals surface area contributed by atoms with Crippen LogP contribution in [0.4, 0.5) is 0 Å². The van der Waals surface area contributed by atoms with Crippen molar-refractivity contribution in [3.05, 3.63) is 33.9 Å². The van der Waals surface area contributed by atoms with Crippen molar-refractivity contribution in [1.29, 1.82) is 0 Å². The zero-order valence-corrected chi connectivity index (χ0v) is 13.4. The van der Waals surface area contributed by atoms with Gasteiger partial charge in [-0.25, -0.2) is 0 Å². The standard InChI is InChI=1S/C15H18BrN3O/c1-10-12-9-11(16)3-4-13(12)17-14(10)15(20)19-7-5-18(2)6-8-19/h3-4,9,17H,5-8H2,1-2H3/p+1. The first-order chi connectivity index (χ1) is 9.56. The molecule has 1 saturated heterocycles. The second kappa shape index (κ2) is 5.22. The Labute approximate surface area is 126 Å². The highest BCUT2D eigenvalue weighted by Crippen LogP contribution is 2.25. The van der Waals surface area contributed by atoms with Crippen LogP contribution in [-0.4, -0.2) is 49.0 Å². The van der Waals surface area contributed by atoms with E-state index in [1.54, 1.807) is 0 Å². The molecule has 1 fully saturated rings. The van der Waals surface area contributed by atoms with Crippen molar-refractivity contribution < 1.29 is 9.69 Å². The second-order valence-electron chi connectivity index (χ2n) is 5.56. The molecule has 2 N–H and O–H groups in total. The Hall–Kier alpha value is -1.33. The molecule has 2 heterocycles. The van der Waals surface area contributed by atoms with E-state index < -0.39 is 0 Å². The molecule has 20 heavy (non-hydrogen) atoms. The summed E-state index contributed by atoms with van der Waals surface area (Å²) in [7, 11) is 2.17. The first kappa shape index (κ1) is 13.6. The molecule has 0 atom stereocenters. The van der Waals surface area contributed by atoms with Crippen LogP contribution in [0.1, 0.15) is 16.1 Å². The number of fused-ring (bicyclic) bond motifs is 1. The number of H-pyrrole nitrogens is 1. The Balaban J connectivity index is 1.93. The van der Waals surface area contributed by atoms with Gasteiger partial charge in [0.05, 0.1) is 33.2 Å². The molecule has 0 unspecified atom stereocenters. The quantitative estimate of drug-likeness (QED) is 0.807. The minimum atomic E-state index is 0.127. The lowest BCUT2D eigenvalue weighted by molar-refractivity contribution is -0.883. The lowest BCUT2D eigenvalue weighted by Gasteiger charge is -2.29. The Morgan fingerprint density at radius 2 is 2.05 bits per heavy atom. The number of rotatable bonds is 1. The third-order valence-electron chi connectivity index (χ3n) is 4.14. The van der Waals surface area contributed by atoms with Crippen LogP contribution in [0.15, 0.2) is 22.7 Å². The van der Waals surface area contributed by atoms with E-state index >= 15 is 0 Å². The van der Waals surface area contributed by atoms with Gasteiger partial charge in [-0.3, -0.25) is 4.79 Å². The molecule has 1 aliphatic rings. The largest absolute Gasteiger partial charge is 0.350 e. The number of aromatic amines is 1. The van der Waals surface area contributed by atoms with Gasteiger partial charge in [-0.05, 0) is 30.7 Å². The molecule has 5 heteroatoms. The number of halogens is 1. The molecule has 0 spiro atoms. The third kappa shape index (κ3) is 2.36. The minimum Gasteiger partial charge on any atom is -0.350 e. The summed E-state index contributed by atoms with van der Waals surface area (Å²) in [4.78, 5) is 19.4. The second-order valence-corrected chi connectivity index (χ2v) is 6.48. The van der Waals surface area contributed by atoms with Crippen LogP contribution in [0.2, 0.25) is 0 Å². The number of nitrogens with one attached hydrogen (secondary N) is 2. The molecule has 1 aliphatic heterocycles. The number of quaternary nitrogens is 1. The summed E-state index contributed by atoms with van der Waals surface area (Å²) in [5, 5.41) is 1.11. The number of likely N-dealkylation sites (N-methyl/N-ethyl adjacent to an activating group) is 1. The molecule has 106 valence electrons. The van der Waals surface area contributed by atoms with Crippen LogP contribution in [-0.2, 0) is 0 Å². The van der Waals surface area contributed by atoms with Crippen LogP contribution >= 0.6 is 15.9 Å². The predicted molar refractivity (Wildman–Crippen MR) is 83.3 cm³/mol. The first-order valence-electron chi connectivity index (χ1n) is 6.94. The van der Waals surface area contributed by atoms with Crippen molar-refractivity contribution in [2.45, 2.75) is 6.92 Å². The maximum Gasteiger partial charge on any atom is 0.270 e. The molecule has 2 aromatic rings. The predicted octanol–water partition coefficient (Wildman–Crippen LogP) is 1.21. The minimum absolute atomic E-state index is 0.127. The molecule has 0 radical (unpaired) electrons. The molecule has 1 amide bonds. The number of nitrogens with zero attached hydrogens (tertiary/aromatic N) is 1. The molecule has 3 rings (SSSR count). The van der Waals surface area contributed by atoms with E-state index in [1.165, 1.54) is 4.90 Å². The number of piperazine rings is 1. The van der Waals surface area contributed by atoms with Gasteiger partial charge in [0, 0.05) is 15.4 Å². The third-order valence-corrected chi connectivity index (χ3v) is 4.63. The van der Waals surface area contributed by atoms with Gasteiger partial charge >= 0.3 is 0 Å². The van der Waals surface area contributed by atoms with Gasteiger partial charge in [0.25, 0.3) is 5.91 Å². The number of carbonyl (C=O) groups excluding carboxylic acids is 1. The van der Waals surface area contributed by atoms with Gasteiger partial charge in [0.2, 0.25) is 0 Å². The highest BCUT2D eigenvalue weighted by Gasteiger charge is 2.25. The van der Waals surface area contributed by atoms with Crippen LogP contribution in [0.25, 0.3) is 10.9 Å². The van der Waals surface area contributed by atoms with Gasteiger partial charge in [-0.15, -0.1) is 0 Å². The van der Waals surface area contributed by atoms with Crippen LogP contribution in [0, 0.1) is 6.92 Å². The van der Waals surface area contributed by atoms with E-state index in [0.717, 1.165) is 52.8 Å². The maximum atomic E-state index is 12.7. The highest BCUT2D eigenvalue weighted by atomic mass is 79.9. The Kier molecular flexibility index (Phi) is 3.56. The van der Waals surface area contributed by atoms with Gasteiger partial charge < -0.3 is 14.8 Å². The average molecular weight is 337 g/mol. The van der Waals surface area contributed by atoms with Gasteiger partial charge in [-0.1, -0.05) is 15.9 Å². The lowest BCUT2D eigenvalue weighted by Crippen LogP contribution is -3.12. The summed E-state index contributed by atoms with van der Waals surface area (Å²) in [6.45, 7) is 5.74. The summed E-state index contributed by atoms with van der Waals surface area (Å²) < 4.78 is 1.04. The van der Waals surface area contributed by atoms with E-state index in [-0.39, 0.29) is 5.91 Å². The van der Waals surface area contributed by atoms with Crippen molar-refractivity contribution in [2.75, 3.05) is 33.2 Å². The van der Waals surface area contributed by atoms with E-state index in [9.17, 15) is 4.79 Å². The van der Waals surface area contributed by atoms with Crippen LogP contribution in [0.5, 0.6) is 0 Å². The zero-order chi connectivity index (χ0) is 14.3. The fourth-order valence-corrected chi connectivity index (χ4v) is 3.12.